The molecule has 2 aromatic carbocycles. The monoisotopic (exact) mass is 483 g/mol. The number of quaternary nitrogens is 1. The van der Waals surface area contributed by atoms with Gasteiger partial charge in [-0.1, -0.05) is 36.4 Å². The molecule has 2 aromatic rings. The predicted octanol–water partition coefficient (Wildman–Crippen LogP) is 1.54. The van der Waals surface area contributed by atoms with Crippen molar-refractivity contribution in [2.75, 3.05) is 32.7 Å². The fourth-order valence-corrected chi connectivity index (χ4v) is 5.53. The summed E-state index contributed by atoms with van der Waals surface area (Å²) >= 11 is 1.28. The second-order valence-electron chi connectivity index (χ2n) is 7.59. The molecule has 0 bridgehead atoms. The van der Waals surface area contributed by atoms with E-state index in [1.54, 1.807) is 48.5 Å². The molecule has 2 heterocycles. The molecule has 1 saturated heterocycles. The number of hydrogen-bond acceptors (Lipinski definition) is 7. The van der Waals surface area contributed by atoms with Crippen LogP contribution in [0.1, 0.15) is 12.0 Å². The van der Waals surface area contributed by atoms with Gasteiger partial charge >= 0.3 is 10.1 Å². The van der Waals surface area contributed by atoms with Crippen LogP contribution in [0.5, 0.6) is 5.75 Å². The lowest BCUT2D eigenvalue weighted by Crippen LogP contribution is -3.14. The molecule has 1 fully saturated rings. The van der Waals surface area contributed by atoms with Gasteiger partial charge in [0.15, 0.2) is 5.17 Å². The Hall–Kier alpha value is -3.13. The maximum atomic E-state index is 12.6. The minimum Gasteiger partial charge on any atom is -0.378 e. The minimum atomic E-state index is -4.00. The quantitative estimate of drug-likeness (QED) is 0.491. The standard InChI is InChI=1S/C23H22N4O4S2/c24-11-6-12-26-13-15-27(16-14-26)23-25-22(28)21(32-23)17-18-7-4-5-10-20(18)31-33(29,30)19-8-2-1-3-9-19/h1-5,7-10,17H,6,12-16H2/p+1/b21-17+. The molecule has 0 atom stereocenters. The lowest BCUT2D eigenvalue weighted by atomic mass is 10.2. The summed E-state index contributed by atoms with van der Waals surface area (Å²) in [6, 6.07) is 16.8. The Kier molecular flexibility index (Phi) is 7.13. The van der Waals surface area contributed by atoms with Crippen molar-refractivity contribution in [1.29, 1.82) is 5.26 Å². The van der Waals surface area contributed by atoms with Gasteiger partial charge in [-0.2, -0.15) is 18.7 Å². The highest BCUT2D eigenvalue weighted by molar-refractivity contribution is 8.18. The van der Waals surface area contributed by atoms with E-state index in [2.05, 4.69) is 16.0 Å². The van der Waals surface area contributed by atoms with E-state index in [1.807, 2.05) is 0 Å². The Balaban J connectivity index is 1.47. The van der Waals surface area contributed by atoms with Crippen LogP contribution in [0.4, 0.5) is 0 Å². The molecule has 33 heavy (non-hydrogen) atoms. The maximum absolute atomic E-state index is 12.6. The van der Waals surface area contributed by atoms with Gasteiger partial charge in [0.25, 0.3) is 5.91 Å². The summed E-state index contributed by atoms with van der Waals surface area (Å²) in [5, 5.41) is 9.41. The van der Waals surface area contributed by atoms with Crippen molar-refractivity contribution < 1.29 is 22.3 Å². The third kappa shape index (κ3) is 5.63. The van der Waals surface area contributed by atoms with Crippen LogP contribution in [-0.4, -0.2) is 57.1 Å². The lowest BCUT2D eigenvalue weighted by Gasteiger charge is -2.32. The number of rotatable bonds is 6. The molecule has 10 heteroatoms. The summed E-state index contributed by atoms with van der Waals surface area (Å²) in [7, 11) is -4.00. The summed E-state index contributed by atoms with van der Waals surface area (Å²) < 4.78 is 30.7. The van der Waals surface area contributed by atoms with Gasteiger partial charge in [0.1, 0.15) is 10.6 Å². The van der Waals surface area contributed by atoms with Crippen molar-refractivity contribution >= 4 is 39.0 Å². The molecule has 170 valence electrons. The van der Waals surface area contributed by atoms with Crippen molar-refractivity contribution in [2.24, 2.45) is 4.99 Å². The Morgan fingerprint density at radius 2 is 1.82 bits per heavy atom. The number of aliphatic imine (C=N–C) groups is 1. The van der Waals surface area contributed by atoms with Crippen molar-refractivity contribution in [3.05, 3.63) is 65.1 Å². The average molecular weight is 484 g/mol. The van der Waals surface area contributed by atoms with Gasteiger partial charge in [0.05, 0.1) is 50.1 Å². The van der Waals surface area contributed by atoms with E-state index in [0.29, 0.717) is 22.1 Å². The molecule has 0 unspecified atom stereocenters. The molecule has 4 rings (SSSR count). The molecule has 1 N–H and O–H groups in total. The third-order valence-electron chi connectivity index (χ3n) is 5.38. The Labute approximate surface area is 197 Å². The number of nitriles is 1. The van der Waals surface area contributed by atoms with Crippen LogP contribution in [-0.2, 0) is 14.9 Å². The number of thioether (sulfide) groups is 1. The fourth-order valence-electron chi connectivity index (χ4n) is 3.60. The van der Waals surface area contributed by atoms with Crippen LogP contribution in [0.15, 0.2) is 69.4 Å². The smallest absolute Gasteiger partial charge is 0.339 e. The van der Waals surface area contributed by atoms with Gasteiger partial charge in [-0.25, -0.2) is 0 Å². The van der Waals surface area contributed by atoms with Crippen molar-refractivity contribution in [1.82, 2.24) is 4.90 Å². The number of nitrogens with one attached hydrogen (secondary N) is 1. The van der Waals surface area contributed by atoms with Crippen LogP contribution >= 0.6 is 11.8 Å². The number of benzene rings is 2. The van der Waals surface area contributed by atoms with E-state index in [9.17, 15) is 13.2 Å². The summed E-state index contributed by atoms with van der Waals surface area (Å²) in [6.45, 7) is 4.14. The topological polar surface area (TPSA) is 104 Å². The average Bonchev–Trinajstić information content (AvgIpc) is 3.20. The molecule has 2 aliphatic heterocycles. The SMILES string of the molecule is N#CCC[NH+]1CCN(C2=NC(=O)/C(=C\c3ccccc3OS(=O)(=O)c3ccccc3)S2)CC1. The fraction of sp³-hybridized carbons (Fsp3) is 0.261. The number of amides is 1. The first-order valence-corrected chi connectivity index (χ1v) is 12.8. The molecule has 8 nitrogen and oxygen atoms in total. The van der Waals surface area contributed by atoms with Crippen LogP contribution in [0.2, 0.25) is 0 Å². The van der Waals surface area contributed by atoms with E-state index in [0.717, 1.165) is 32.7 Å². The second kappa shape index (κ2) is 10.2. The first-order chi connectivity index (χ1) is 16.0. The zero-order chi connectivity index (χ0) is 23.3. The summed E-state index contributed by atoms with van der Waals surface area (Å²) in [6.07, 6.45) is 2.16. The van der Waals surface area contributed by atoms with Crippen LogP contribution in [0.3, 0.4) is 0 Å². The van der Waals surface area contributed by atoms with Gasteiger partial charge < -0.3 is 14.0 Å². The molecule has 2 aliphatic rings. The van der Waals surface area contributed by atoms with E-state index >= 15 is 0 Å². The highest BCUT2D eigenvalue weighted by atomic mass is 32.2. The largest absolute Gasteiger partial charge is 0.378 e. The highest BCUT2D eigenvalue weighted by Crippen LogP contribution is 2.33. The Morgan fingerprint density at radius 3 is 2.55 bits per heavy atom. The highest BCUT2D eigenvalue weighted by Gasteiger charge is 2.30. The number of piperazine rings is 1. The van der Waals surface area contributed by atoms with E-state index in [1.165, 1.54) is 28.8 Å². The van der Waals surface area contributed by atoms with Gasteiger partial charge in [0.2, 0.25) is 0 Å². The van der Waals surface area contributed by atoms with E-state index in [-0.39, 0.29) is 16.6 Å². The molecular formula is C23H23N4O4S2+. The number of para-hydroxylation sites is 1. The van der Waals surface area contributed by atoms with Gasteiger partial charge in [0, 0.05) is 5.56 Å². The molecule has 0 radical (unpaired) electrons. The van der Waals surface area contributed by atoms with Gasteiger partial charge in [-0.15, -0.1) is 0 Å². The lowest BCUT2D eigenvalue weighted by molar-refractivity contribution is -0.903. The summed E-state index contributed by atoms with van der Waals surface area (Å²) in [5.41, 5.74) is 0.482. The zero-order valence-corrected chi connectivity index (χ0v) is 19.4. The molecule has 0 spiro atoms. The number of amidine groups is 1. The van der Waals surface area contributed by atoms with Crippen molar-refractivity contribution in [2.45, 2.75) is 11.3 Å². The predicted molar refractivity (Wildman–Crippen MR) is 126 cm³/mol. The molecular weight excluding hydrogens is 460 g/mol. The van der Waals surface area contributed by atoms with Gasteiger partial charge in [-0.3, -0.25) is 4.79 Å². The van der Waals surface area contributed by atoms with Crippen LogP contribution in [0.25, 0.3) is 6.08 Å². The van der Waals surface area contributed by atoms with Gasteiger partial charge in [-0.05, 0) is 36.0 Å². The second-order valence-corrected chi connectivity index (χ2v) is 10.1. The molecule has 0 saturated carbocycles. The Bertz CT molecular complexity index is 1230. The first kappa shape index (κ1) is 23.0. The van der Waals surface area contributed by atoms with Crippen molar-refractivity contribution in [3.8, 4) is 11.8 Å². The van der Waals surface area contributed by atoms with Crippen molar-refractivity contribution in [3.63, 3.8) is 0 Å². The molecule has 1 amide bonds. The van der Waals surface area contributed by atoms with Crippen LogP contribution < -0.4 is 9.08 Å². The number of carbonyl (C=O) groups is 1. The zero-order valence-electron chi connectivity index (χ0n) is 17.8. The molecule has 0 aromatic heterocycles. The number of hydrogen-bond donors (Lipinski definition) is 1. The summed E-state index contributed by atoms with van der Waals surface area (Å²) in [4.78, 5) is 20.7. The minimum absolute atomic E-state index is 0.0560. The normalized spacial score (nSPS) is 18.3. The van der Waals surface area contributed by atoms with E-state index in [4.69, 9.17) is 9.44 Å². The Morgan fingerprint density at radius 1 is 1.12 bits per heavy atom. The summed E-state index contributed by atoms with van der Waals surface area (Å²) in [5.74, 6) is -0.208. The maximum Gasteiger partial charge on any atom is 0.339 e. The van der Waals surface area contributed by atoms with E-state index < -0.39 is 10.1 Å². The number of nitrogens with zero attached hydrogens (tertiary/aromatic N) is 3. The number of carbonyl (C=O) groups excluding carboxylic acids is 1. The molecule has 0 aliphatic carbocycles. The van der Waals surface area contributed by atoms with Crippen LogP contribution in [0, 0.1) is 11.3 Å². The third-order valence-corrected chi connectivity index (χ3v) is 7.67. The first-order valence-electron chi connectivity index (χ1n) is 10.5.